The molecule has 1 aromatic carbocycles. The Labute approximate surface area is 131 Å². The maximum Gasteiger partial charge on any atom is 0.227 e. The van der Waals surface area contributed by atoms with Crippen LogP contribution in [-0.4, -0.2) is 23.9 Å². The SMILES string of the molecule is Cc1noc(C)c1N(C)C(=O)CCC(=O)c1ccc(F)cc1F. The molecule has 1 amide bonds. The number of Topliss-reactive ketones (excluding diaryl/α,β-unsaturated/α-hetero) is 1. The van der Waals surface area contributed by atoms with Gasteiger partial charge < -0.3 is 9.42 Å². The molecule has 23 heavy (non-hydrogen) atoms. The summed E-state index contributed by atoms with van der Waals surface area (Å²) in [5, 5.41) is 3.76. The van der Waals surface area contributed by atoms with Crippen LogP contribution in [0.2, 0.25) is 0 Å². The fourth-order valence-electron chi connectivity index (χ4n) is 2.32. The minimum absolute atomic E-state index is 0.101. The average molecular weight is 322 g/mol. The van der Waals surface area contributed by atoms with Crippen molar-refractivity contribution < 1.29 is 22.9 Å². The maximum atomic E-state index is 13.5. The van der Waals surface area contributed by atoms with Gasteiger partial charge in [-0.15, -0.1) is 0 Å². The number of rotatable bonds is 5. The molecule has 1 heterocycles. The number of aromatic nitrogens is 1. The average Bonchev–Trinajstić information content (AvgIpc) is 2.82. The minimum Gasteiger partial charge on any atom is -0.359 e. The van der Waals surface area contributed by atoms with Gasteiger partial charge in [0.15, 0.2) is 11.5 Å². The monoisotopic (exact) mass is 322 g/mol. The molecule has 0 radical (unpaired) electrons. The van der Waals surface area contributed by atoms with E-state index < -0.39 is 17.4 Å². The van der Waals surface area contributed by atoms with Crippen molar-refractivity contribution in [1.29, 1.82) is 0 Å². The van der Waals surface area contributed by atoms with E-state index in [-0.39, 0.29) is 24.3 Å². The highest BCUT2D eigenvalue weighted by Gasteiger charge is 2.21. The van der Waals surface area contributed by atoms with Crippen molar-refractivity contribution in [2.45, 2.75) is 26.7 Å². The van der Waals surface area contributed by atoms with Gasteiger partial charge in [-0.05, 0) is 26.0 Å². The van der Waals surface area contributed by atoms with Crippen LogP contribution in [0.25, 0.3) is 0 Å². The fourth-order valence-corrected chi connectivity index (χ4v) is 2.32. The van der Waals surface area contributed by atoms with Crippen LogP contribution < -0.4 is 4.90 Å². The molecule has 0 N–H and O–H groups in total. The van der Waals surface area contributed by atoms with Crippen LogP contribution in [0.4, 0.5) is 14.5 Å². The lowest BCUT2D eigenvalue weighted by Crippen LogP contribution is -2.27. The van der Waals surface area contributed by atoms with Gasteiger partial charge in [0.05, 0.1) is 5.56 Å². The van der Waals surface area contributed by atoms with Crippen molar-refractivity contribution in [3.63, 3.8) is 0 Å². The van der Waals surface area contributed by atoms with Gasteiger partial charge >= 0.3 is 0 Å². The first-order chi connectivity index (χ1) is 10.8. The Bertz CT molecular complexity index is 736. The van der Waals surface area contributed by atoms with Crippen LogP contribution in [0.1, 0.15) is 34.7 Å². The lowest BCUT2D eigenvalue weighted by molar-refractivity contribution is -0.118. The van der Waals surface area contributed by atoms with Crippen LogP contribution in [0, 0.1) is 25.5 Å². The van der Waals surface area contributed by atoms with Gasteiger partial charge in [0.2, 0.25) is 5.91 Å². The second kappa shape index (κ2) is 6.68. The standard InChI is InChI=1S/C16H16F2N2O3/c1-9-16(10(2)23-19-9)20(3)15(22)7-6-14(21)12-5-4-11(17)8-13(12)18/h4-5,8H,6-7H2,1-3H3. The fraction of sp³-hybridized carbons (Fsp3) is 0.312. The van der Waals surface area contributed by atoms with Crippen molar-refractivity contribution in [3.8, 4) is 0 Å². The highest BCUT2D eigenvalue weighted by atomic mass is 19.1. The second-order valence-corrected chi connectivity index (χ2v) is 5.17. The van der Waals surface area contributed by atoms with E-state index >= 15 is 0 Å². The summed E-state index contributed by atoms with van der Waals surface area (Å²) in [4.78, 5) is 25.5. The molecule has 0 unspecified atom stereocenters. The molecule has 0 aliphatic carbocycles. The van der Waals surface area contributed by atoms with E-state index in [0.717, 1.165) is 12.1 Å². The largest absolute Gasteiger partial charge is 0.359 e. The van der Waals surface area contributed by atoms with Gasteiger partial charge in [0, 0.05) is 26.0 Å². The Morgan fingerprint density at radius 2 is 1.91 bits per heavy atom. The molecule has 2 aromatic rings. The third-order valence-corrected chi connectivity index (χ3v) is 3.50. The number of nitrogens with zero attached hydrogens (tertiary/aromatic N) is 2. The zero-order chi connectivity index (χ0) is 17.1. The molecule has 0 aliphatic heterocycles. The number of carbonyl (C=O) groups excluding carboxylic acids is 2. The molecule has 0 saturated carbocycles. The summed E-state index contributed by atoms with van der Waals surface area (Å²) in [6.07, 6.45) is -0.273. The summed E-state index contributed by atoms with van der Waals surface area (Å²) in [5.41, 5.74) is 0.892. The Morgan fingerprint density at radius 3 is 2.48 bits per heavy atom. The Balaban J connectivity index is 2.02. The van der Waals surface area contributed by atoms with Crippen molar-refractivity contribution in [3.05, 3.63) is 46.9 Å². The molecule has 0 spiro atoms. The topological polar surface area (TPSA) is 63.4 Å². The smallest absolute Gasteiger partial charge is 0.227 e. The first-order valence-electron chi connectivity index (χ1n) is 6.99. The van der Waals surface area contributed by atoms with E-state index in [1.54, 1.807) is 20.9 Å². The molecule has 0 bridgehead atoms. The molecular formula is C16H16F2N2O3. The quantitative estimate of drug-likeness (QED) is 0.793. The maximum absolute atomic E-state index is 13.5. The van der Waals surface area contributed by atoms with Gasteiger partial charge in [0.1, 0.15) is 23.0 Å². The number of aryl methyl sites for hydroxylation is 2. The number of carbonyl (C=O) groups is 2. The Morgan fingerprint density at radius 1 is 1.22 bits per heavy atom. The first kappa shape index (κ1) is 16.8. The zero-order valence-corrected chi connectivity index (χ0v) is 13.0. The van der Waals surface area contributed by atoms with E-state index in [2.05, 4.69) is 5.16 Å². The van der Waals surface area contributed by atoms with Crippen LogP contribution in [-0.2, 0) is 4.79 Å². The first-order valence-corrected chi connectivity index (χ1v) is 6.99. The lowest BCUT2D eigenvalue weighted by atomic mass is 10.1. The summed E-state index contributed by atoms with van der Waals surface area (Å²) >= 11 is 0. The number of anilines is 1. The van der Waals surface area contributed by atoms with Crippen LogP contribution in [0.15, 0.2) is 22.7 Å². The highest BCUT2D eigenvalue weighted by Crippen LogP contribution is 2.24. The zero-order valence-electron chi connectivity index (χ0n) is 13.0. The molecular weight excluding hydrogens is 306 g/mol. The molecule has 122 valence electrons. The van der Waals surface area contributed by atoms with Crippen molar-refractivity contribution in [2.24, 2.45) is 0 Å². The predicted molar refractivity (Wildman–Crippen MR) is 79.3 cm³/mol. The van der Waals surface area contributed by atoms with Crippen molar-refractivity contribution >= 4 is 17.4 Å². The van der Waals surface area contributed by atoms with E-state index in [0.29, 0.717) is 23.2 Å². The van der Waals surface area contributed by atoms with Crippen LogP contribution in [0.5, 0.6) is 0 Å². The molecule has 5 nitrogen and oxygen atoms in total. The van der Waals surface area contributed by atoms with Gasteiger partial charge in [-0.2, -0.15) is 0 Å². The molecule has 0 atom stereocenters. The number of halogens is 2. The Kier molecular flexibility index (Phi) is 4.88. The predicted octanol–water partition coefficient (Wildman–Crippen LogP) is 3.20. The molecule has 7 heteroatoms. The summed E-state index contributed by atoms with van der Waals surface area (Å²) in [6.45, 7) is 3.38. The molecule has 0 saturated heterocycles. The molecule has 0 fully saturated rings. The minimum atomic E-state index is -0.929. The van der Waals surface area contributed by atoms with E-state index in [4.69, 9.17) is 4.52 Å². The number of hydrogen-bond acceptors (Lipinski definition) is 4. The van der Waals surface area contributed by atoms with E-state index in [9.17, 15) is 18.4 Å². The van der Waals surface area contributed by atoms with Gasteiger partial charge in [-0.25, -0.2) is 8.78 Å². The number of ketones is 1. The third-order valence-electron chi connectivity index (χ3n) is 3.50. The van der Waals surface area contributed by atoms with Gasteiger partial charge in [0.25, 0.3) is 0 Å². The second-order valence-electron chi connectivity index (χ2n) is 5.17. The van der Waals surface area contributed by atoms with Crippen molar-refractivity contribution in [1.82, 2.24) is 5.16 Å². The van der Waals surface area contributed by atoms with Crippen LogP contribution >= 0.6 is 0 Å². The Hall–Kier alpha value is -2.57. The number of hydrogen-bond donors (Lipinski definition) is 0. The highest BCUT2D eigenvalue weighted by molar-refractivity contribution is 6.01. The van der Waals surface area contributed by atoms with Gasteiger partial charge in [-0.3, -0.25) is 9.59 Å². The summed E-state index contributed by atoms with van der Waals surface area (Å²) in [7, 11) is 1.55. The third kappa shape index (κ3) is 3.61. The van der Waals surface area contributed by atoms with Crippen molar-refractivity contribution in [2.75, 3.05) is 11.9 Å². The summed E-state index contributed by atoms with van der Waals surface area (Å²) in [6, 6.07) is 2.73. The molecule has 2 rings (SSSR count). The number of amides is 1. The summed E-state index contributed by atoms with van der Waals surface area (Å²) in [5.74, 6) is -2.07. The summed E-state index contributed by atoms with van der Waals surface area (Å²) < 4.78 is 31.4. The van der Waals surface area contributed by atoms with Crippen LogP contribution in [0.3, 0.4) is 0 Å². The molecule has 1 aromatic heterocycles. The van der Waals surface area contributed by atoms with Gasteiger partial charge in [-0.1, -0.05) is 5.16 Å². The normalized spacial score (nSPS) is 10.7. The lowest BCUT2D eigenvalue weighted by Gasteiger charge is -2.16. The van der Waals surface area contributed by atoms with E-state index in [1.807, 2.05) is 0 Å². The molecule has 0 aliphatic rings. The number of benzene rings is 1. The van der Waals surface area contributed by atoms with E-state index in [1.165, 1.54) is 4.90 Å².